The molecule has 1 aliphatic rings. The van der Waals surface area contributed by atoms with Gasteiger partial charge in [-0.15, -0.1) is 0 Å². The highest BCUT2D eigenvalue weighted by Gasteiger charge is 2.52. The van der Waals surface area contributed by atoms with E-state index in [9.17, 15) is 0 Å². The van der Waals surface area contributed by atoms with Crippen LogP contribution in [0.3, 0.4) is 0 Å². The van der Waals surface area contributed by atoms with E-state index in [4.69, 9.17) is 9.31 Å². The van der Waals surface area contributed by atoms with Crippen molar-refractivity contribution in [1.29, 1.82) is 0 Å². The van der Waals surface area contributed by atoms with Crippen LogP contribution in [0.5, 0.6) is 0 Å². The van der Waals surface area contributed by atoms with Crippen molar-refractivity contribution in [1.82, 2.24) is 9.78 Å². The SMILES string of the molecule is Cc1cc(B2OC(C)(C)C(C)(C)O2)nn1-c1ccccc1. The third kappa shape index (κ3) is 2.41. The van der Waals surface area contributed by atoms with Gasteiger partial charge in [0.15, 0.2) is 0 Å². The Kier molecular flexibility index (Phi) is 3.22. The van der Waals surface area contributed by atoms with E-state index in [1.165, 1.54) is 0 Å². The first-order chi connectivity index (χ1) is 9.80. The molecule has 5 heteroatoms. The van der Waals surface area contributed by atoms with Crippen molar-refractivity contribution in [2.45, 2.75) is 45.8 Å². The van der Waals surface area contributed by atoms with Gasteiger partial charge in [-0.25, -0.2) is 4.68 Å². The molecule has 21 heavy (non-hydrogen) atoms. The van der Waals surface area contributed by atoms with Crippen LogP contribution in [0, 0.1) is 6.92 Å². The molecule has 110 valence electrons. The number of benzene rings is 1. The fraction of sp³-hybridized carbons (Fsp3) is 0.438. The highest BCUT2D eigenvalue weighted by Crippen LogP contribution is 2.36. The summed E-state index contributed by atoms with van der Waals surface area (Å²) in [6.07, 6.45) is 0. The molecule has 2 aromatic rings. The molecule has 3 rings (SSSR count). The van der Waals surface area contributed by atoms with E-state index in [-0.39, 0.29) is 11.2 Å². The van der Waals surface area contributed by atoms with E-state index in [1.54, 1.807) is 0 Å². The average molecular weight is 284 g/mol. The first-order valence-electron chi connectivity index (χ1n) is 7.28. The maximum absolute atomic E-state index is 6.06. The molecule has 0 saturated carbocycles. The van der Waals surface area contributed by atoms with Gasteiger partial charge >= 0.3 is 7.12 Å². The second kappa shape index (κ2) is 4.72. The summed E-state index contributed by atoms with van der Waals surface area (Å²) in [5, 5.41) is 4.66. The lowest BCUT2D eigenvalue weighted by Gasteiger charge is -2.32. The van der Waals surface area contributed by atoms with Crippen LogP contribution in [0.15, 0.2) is 36.4 Å². The molecule has 2 heterocycles. The molecule has 0 atom stereocenters. The number of para-hydroxylation sites is 1. The first-order valence-corrected chi connectivity index (χ1v) is 7.28. The fourth-order valence-corrected chi connectivity index (χ4v) is 2.41. The number of hydrogen-bond acceptors (Lipinski definition) is 3. The topological polar surface area (TPSA) is 36.3 Å². The molecule has 1 aromatic heterocycles. The second-order valence-corrected chi connectivity index (χ2v) is 6.55. The maximum atomic E-state index is 6.06. The van der Waals surface area contributed by atoms with Crippen molar-refractivity contribution in [3.63, 3.8) is 0 Å². The van der Waals surface area contributed by atoms with Crippen LogP contribution in [-0.4, -0.2) is 28.1 Å². The lowest BCUT2D eigenvalue weighted by molar-refractivity contribution is 0.00578. The summed E-state index contributed by atoms with van der Waals surface area (Å²) in [5.74, 6) is 0. The van der Waals surface area contributed by atoms with Crippen molar-refractivity contribution in [2.75, 3.05) is 0 Å². The second-order valence-electron chi connectivity index (χ2n) is 6.55. The summed E-state index contributed by atoms with van der Waals surface area (Å²) in [6, 6.07) is 12.1. The molecule has 1 aromatic carbocycles. The van der Waals surface area contributed by atoms with Crippen LogP contribution in [0.1, 0.15) is 33.4 Å². The molecular formula is C16H21BN2O2. The Morgan fingerprint density at radius 1 is 1.00 bits per heavy atom. The molecule has 4 nitrogen and oxygen atoms in total. The van der Waals surface area contributed by atoms with Gasteiger partial charge in [0.05, 0.1) is 22.5 Å². The summed E-state index contributed by atoms with van der Waals surface area (Å²) < 4.78 is 14.0. The van der Waals surface area contributed by atoms with Gasteiger partial charge in [0.1, 0.15) is 0 Å². The largest absolute Gasteiger partial charge is 0.516 e. The third-order valence-corrected chi connectivity index (χ3v) is 4.40. The van der Waals surface area contributed by atoms with Crippen LogP contribution in [0.2, 0.25) is 0 Å². The number of rotatable bonds is 2. The maximum Gasteiger partial charge on any atom is 0.516 e. The molecule has 0 N–H and O–H groups in total. The van der Waals surface area contributed by atoms with Crippen LogP contribution < -0.4 is 5.59 Å². The summed E-state index contributed by atoms with van der Waals surface area (Å²) in [4.78, 5) is 0. The molecular weight excluding hydrogens is 263 g/mol. The third-order valence-electron chi connectivity index (χ3n) is 4.40. The smallest absolute Gasteiger partial charge is 0.398 e. The molecule has 1 saturated heterocycles. The Labute approximate surface area is 126 Å². The van der Waals surface area contributed by atoms with Crippen LogP contribution in [0.4, 0.5) is 0 Å². The van der Waals surface area contributed by atoms with Crippen molar-refractivity contribution < 1.29 is 9.31 Å². The molecule has 0 spiro atoms. The van der Waals surface area contributed by atoms with Gasteiger partial charge in [-0.2, -0.15) is 5.10 Å². The van der Waals surface area contributed by atoms with E-state index < -0.39 is 7.12 Å². The van der Waals surface area contributed by atoms with Crippen LogP contribution in [0.25, 0.3) is 5.69 Å². The minimum atomic E-state index is -0.418. The zero-order valence-electron chi connectivity index (χ0n) is 13.3. The van der Waals surface area contributed by atoms with Gasteiger partial charge in [-0.1, -0.05) is 18.2 Å². The van der Waals surface area contributed by atoms with Gasteiger partial charge in [-0.3, -0.25) is 0 Å². The predicted molar refractivity (Wildman–Crippen MR) is 84.0 cm³/mol. The van der Waals surface area contributed by atoms with Crippen LogP contribution in [-0.2, 0) is 9.31 Å². The molecule has 0 unspecified atom stereocenters. The first kappa shape index (κ1) is 14.4. The average Bonchev–Trinajstić information content (AvgIpc) is 2.89. The van der Waals surface area contributed by atoms with E-state index >= 15 is 0 Å². The molecule has 1 fully saturated rings. The summed E-state index contributed by atoms with van der Waals surface area (Å²) in [6.45, 7) is 10.2. The van der Waals surface area contributed by atoms with E-state index in [1.807, 2.05) is 75.7 Å². The number of nitrogens with zero attached hydrogens (tertiary/aromatic N) is 2. The number of hydrogen-bond donors (Lipinski definition) is 0. The van der Waals surface area contributed by atoms with Crippen molar-refractivity contribution in [2.24, 2.45) is 0 Å². The number of aromatic nitrogens is 2. The molecule has 0 bridgehead atoms. The normalized spacial score (nSPS) is 20.0. The van der Waals surface area contributed by atoms with Gasteiger partial charge in [0.25, 0.3) is 0 Å². The minimum Gasteiger partial charge on any atom is -0.398 e. The zero-order valence-corrected chi connectivity index (χ0v) is 13.3. The van der Waals surface area contributed by atoms with E-state index in [2.05, 4.69) is 5.10 Å². The highest BCUT2D eigenvalue weighted by molar-refractivity contribution is 6.61. The fourth-order valence-electron chi connectivity index (χ4n) is 2.41. The summed E-state index contributed by atoms with van der Waals surface area (Å²) in [7, 11) is -0.418. The lowest BCUT2D eigenvalue weighted by atomic mass is 9.85. The lowest BCUT2D eigenvalue weighted by Crippen LogP contribution is -2.41. The number of aryl methyl sites for hydroxylation is 1. The quantitative estimate of drug-likeness (QED) is 0.795. The minimum absolute atomic E-state index is 0.345. The van der Waals surface area contributed by atoms with Gasteiger partial charge in [-0.05, 0) is 52.8 Å². The Hall–Kier alpha value is -1.59. The van der Waals surface area contributed by atoms with Gasteiger partial charge in [0, 0.05) is 5.69 Å². The summed E-state index contributed by atoms with van der Waals surface area (Å²) >= 11 is 0. The van der Waals surface area contributed by atoms with E-state index in [0.717, 1.165) is 17.0 Å². The van der Waals surface area contributed by atoms with E-state index in [0.29, 0.717) is 0 Å². The zero-order chi connectivity index (χ0) is 15.3. The molecule has 0 radical (unpaired) electrons. The Morgan fingerprint density at radius 3 is 2.14 bits per heavy atom. The van der Waals surface area contributed by atoms with Crippen LogP contribution >= 0.6 is 0 Å². The van der Waals surface area contributed by atoms with Gasteiger partial charge < -0.3 is 9.31 Å². The molecule has 0 amide bonds. The molecule has 0 aliphatic carbocycles. The van der Waals surface area contributed by atoms with Crippen molar-refractivity contribution in [3.8, 4) is 5.69 Å². The molecule has 1 aliphatic heterocycles. The Bertz CT molecular complexity index is 634. The van der Waals surface area contributed by atoms with Crippen molar-refractivity contribution >= 4 is 12.7 Å². The standard InChI is InChI=1S/C16H21BN2O2/c1-12-11-14(17-20-15(2,3)16(4,5)21-17)18-19(12)13-9-7-6-8-10-13/h6-11H,1-5H3. The van der Waals surface area contributed by atoms with Crippen molar-refractivity contribution in [3.05, 3.63) is 42.1 Å². The predicted octanol–water partition coefficient (Wildman–Crippen LogP) is 2.48. The monoisotopic (exact) mass is 284 g/mol. The highest BCUT2D eigenvalue weighted by atomic mass is 16.7. The Balaban J connectivity index is 1.93. The van der Waals surface area contributed by atoms with Gasteiger partial charge in [0.2, 0.25) is 0 Å². The Morgan fingerprint density at radius 2 is 1.57 bits per heavy atom. The summed E-state index contributed by atoms with van der Waals surface area (Å²) in [5.41, 5.74) is 2.23.